The first-order valence-electron chi connectivity index (χ1n) is 4.57. The highest BCUT2D eigenvalue weighted by molar-refractivity contribution is 5.66. The SMILES string of the molecule is CC(=O)OC(OC(C)(C)C)C(C)C. The molecule has 1 unspecified atom stereocenters. The Balaban J connectivity index is 4.19. The van der Waals surface area contributed by atoms with Crippen molar-refractivity contribution in [1.82, 2.24) is 0 Å². The van der Waals surface area contributed by atoms with Gasteiger partial charge in [-0.2, -0.15) is 0 Å². The molecular formula is C10H20O3. The highest BCUT2D eigenvalue weighted by Crippen LogP contribution is 2.17. The molecule has 1 atom stereocenters. The largest absolute Gasteiger partial charge is 0.436 e. The van der Waals surface area contributed by atoms with E-state index in [1.807, 2.05) is 34.6 Å². The van der Waals surface area contributed by atoms with E-state index in [4.69, 9.17) is 9.47 Å². The van der Waals surface area contributed by atoms with Crippen LogP contribution in [0.25, 0.3) is 0 Å². The lowest BCUT2D eigenvalue weighted by Gasteiger charge is -2.29. The Morgan fingerprint density at radius 2 is 1.69 bits per heavy atom. The zero-order valence-electron chi connectivity index (χ0n) is 9.38. The first-order chi connectivity index (χ1) is 5.72. The second-order valence-electron chi connectivity index (χ2n) is 4.45. The van der Waals surface area contributed by atoms with Crippen LogP contribution < -0.4 is 0 Å². The first kappa shape index (κ1) is 12.4. The maximum absolute atomic E-state index is 10.7. The topological polar surface area (TPSA) is 35.5 Å². The summed E-state index contributed by atoms with van der Waals surface area (Å²) in [4.78, 5) is 10.7. The van der Waals surface area contributed by atoms with Crippen LogP contribution in [-0.4, -0.2) is 17.9 Å². The summed E-state index contributed by atoms with van der Waals surface area (Å²) in [5.41, 5.74) is -0.287. The average molecular weight is 188 g/mol. The Morgan fingerprint density at radius 1 is 1.23 bits per heavy atom. The van der Waals surface area contributed by atoms with Gasteiger partial charge < -0.3 is 9.47 Å². The summed E-state index contributed by atoms with van der Waals surface area (Å²) < 4.78 is 10.6. The highest BCUT2D eigenvalue weighted by atomic mass is 16.7. The van der Waals surface area contributed by atoms with Gasteiger partial charge in [0.2, 0.25) is 6.29 Å². The molecule has 0 aromatic rings. The molecule has 0 fully saturated rings. The van der Waals surface area contributed by atoms with Crippen LogP contribution in [0.4, 0.5) is 0 Å². The van der Waals surface area contributed by atoms with Crippen LogP contribution in [0.15, 0.2) is 0 Å². The smallest absolute Gasteiger partial charge is 0.304 e. The number of carbonyl (C=O) groups excluding carboxylic acids is 1. The van der Waals surface area contributed by atoms with Gasteiger partial charge >= 0.3 is 5.97 Å². The Hall–Kier alpha value is -0.570. The van der Waals surface area contributed by atoms with Gasteiger partial charge in [-0.15, -0.1) is 0 Å². The molecule has 0 heterocycles. The van der Waals surface area contributed by atoms with E-state index in [1.54, 1.807) is 0 Å². The number of hydrogen-bond donors (Lipinski definition) is 0. The van der Waals surface area contributed by atoms with Gasteiger partial charge in [0.05, 0.1) is 5.60 Å². The van der Waals surface area contributed by atoms with Crippen LogP contribution in [-0.2, 0) is 14.3 Å². The molecule has 0 saturated heterocycles. The summed E-state index contributed by atoms with van der Waals surface area (Å²) in [6.45, 7) is 11.1. The minimum atomic E-state index is -0.447. The standard InChI is InChI=1S/C10H20O3/c1-7(2)9(12-8(3)11)13-10(4,5)6/h7,9H,1-6H3. The summed E-state index contributed by atoms with van der Waals surface area (Å²) in [5, 5.41) is 0. The minimum absolute atomic E-state index is 0.170. The lowest BCUT2D eigenvalue weighted by atomic mass is 10.1. The molecule has 0 N–H and O–H groups in total. The maximum atomic E-state index is 10.7. The van der Waals surface area contributed by atoms with E-state index < -0.39 is 6.29 Å². The normalized spacial score (nSPS) is 14.4. The molecule has 3 nitrogen and oxygen atoms in total. The molecule has 0 aliphatic rings. The molecule has 0 spiro atoms. The zero-order chi connectivity index (χ0) is 10.6. The van der Waals surface area contributed by atoms with Crippen molar-refractivity contribution in [1.29, 1.82) is 0 Å². The van der Waals surface area contributed by atoms with Gasteiger partial charge in [0.25, 0.3) is 0 Å². The minimum Gasteiger partial charge on any atom is -0.436 e. The van der Waals surface area contributed by atoms with Gasteiger partial charge in [0.1, 0.15) is 0 Å². The van der Waals surface area contributed by atoms with Gasteiger partial charge in [-0.1, -0.05) is 13.8 Å². The molecule has 78 valence electrons. The Morgan fingerprint density at radius 3 is 1.92 bits per heavy atom. The third-order valence-electron chi connectivity index (χ3n) is 1.30. The van der Waals surface area contributed by atoms with Crippen LogP contribution in [0, 0.1) is 5.92 Å². The van der Waals surface area contributed by atoms with Gasteiger partial charge in [0.15, 0.2) is 0 Å². The van der Waals surface area contributed by atoms with E-state index in [9.17, 15) is 4.79 Å². The van der Waals surface area contributed by atoms with E-state index >= 15 is 0 Å². The number of hydrogen-bond acceptors (Lipinski definition) is 3. The van der Waals surface area contributed by atoms with Gasteiger partial charge in [-0.3, -0.25) is 4.79 Å². The molecule has 0 aromatic carbocycles. The monoisotopic (exact) mass is 188 g/mol. The van der Waals surface area contributed by atoms with E-state index in [0.29, 0.717) is 0 Å². The van der Waals surface area contributed by atoms with Gasteiger partial charge in [-0.25, -0.2) is 0 Å². The third kappa shape index (κ3) is 6.58. The summed E-state index contributed by atoms with van der Waals surface area (Å²) >= 11 is 0. The molecule has 0 radical (unpaired) electrons. The first-order valence-corrected chi connectivity index (χ1v) is 4.57. The molecule has 0 aliphatic carbocycles. The molecule has 3 heteroatoms. The summed E-state index contributed by atoms with van der Waals surface area (Å²) in [7, 11) is 0. The second-order valence-corrected chi connectivity index (χ2v) is 4.45. The fourth-order valence-electron chi connectivity index (χ4n) is 0.808. The molecule has 0 rings (SSSR count). The fraction of sp³-hybridized carbons (Fsp3) is 0.900. The molecule has 0 bridgehead atoms. The summed E-state index contributed by atoms with van der Waals surface area (Å²) in [5.74, 6) is -0.133. The number of esters is 1. The van der Waals surface area contributed by atoms with Crippen molar-refractivity contribution < 1.29 is 14.3 Å². The predicted octanol–water partition coefficient (Wildman–Crippen LogP) is 2.35. The van der Waals surface area contributed by atoms with Crippen LogP contribution >= 0.6 is 0 Å². The Kier molecular flexibility index (Phi) is 4.40. The van der Waals surface area contributed by atoms with E-state index in [1.165, 1.54) is 6.92 Å². The van der Waals surface area contributed by atoms with Crippen molar-refractivity contribution in [3.05, 3.63) is 0 Å². The number of rotatable bonds is 3. The lowest BCUT2D eigenvalue weighted by molar-refractivity contribution is -0.214. The van der Waals surface area contributed by atoms with E-state index in [2.05, 4.69) is 0 Å². The van der Waals surface area contributed by atoms with Crippen molar-refractivity contribution in [3.8, 4) is 0 Å². The molecule has 0 aromatic heterocycles. The van der Waals surface area contributed by atoms with Crippen LogP contribution in [0.2, 0.25) is 0 Å². The van der Waals surface area contributed by atoms with Gasteiger partial charge in [0, 0.05) is 12.8 Å². The van der Waals surface area contributed by atoms with Crippen molar-refractivity contribution in [2.45, 2.75) is 53.4 Å². The molecule has 0 aliphatic heterocycles. The summed E-state index contributed by atoms with van der Waals surface area (Å²) in [6.07, 6.45) is -0.447. The molecule has 13 heavy (non-hydrogen) atoms. The van der Waals surface area contributed by atoms with Crippen LogP contribution in [0.3, 0.4) is 0 Å². The maximum Gasteiger partial charge on any atom is 0.304 e. The third-order valence-corrected chi connectivity index (χ3v) is 1.30. The number of ether oxygens (including phenoxy) is 2. The predicted molar refractivity (Wildman–Crippen MR) is 51.2 cm³/mol. The van der Waals surface area contributed by atoms with Crippen molar-refractivity contribution in [2.24, 2.45) is 5.92 Å². The van der Waals surface area contributed by atoms with Crippen molar-refractivity contribution >= 4 is 5.97 Å². The Labute approximate surface area is 80.4 Å². The Bertz CT molecular complexity index is 167. The van der Waals surface area contributed by atoms with Crippen molar-refractivity contribution in [3.63, 3.8) is 0 Å². The second kappa shape index (κ2) is 4.61. The fourth-order valence-corrected chi connectivity index (χ4v) is 0.808. The lowest BCUT2D eigenvalue weighted by Crippen LogP contribution is -2.34. The van der Waals surface area contributed by atoms with Gasteiger partial charge in [-0.05, 0) is 20.8 Å². The van der Waals surface area contributed by atoms with Crippen LogP contribution in [0.1, 0.15) is 41.5 Å². The summed E-state index contributed by atoms with van der Waals surface area (Å²) in [6, 6.07) is 0. The number of carbonyl (C=O) groups is 1. The average Bonchev–Trinajstić information content (AvgIpc) is 1.81. The molecular weight excluding hydrogens is 168 g/mol. The van der Waals surface area contributed by atoms with Crippen LogP contribution in [0.5, 0.6) is 0 Å². The highest BCUT2D eigenvalue weighted by Gasteiger charge is 2.23. The van der Waals surface area contributed by atoms with Crippen molar-refractivity contribution in [2.75, 3.05) is 0 Å². The van der Waals surface area contributed by atoms with E-state index in [0.717, 1.165) is 0 Å². The molecule has 0 amide bonds. The zero-order valence-corrected chi connectivity index (χ0v) is 9.38. The quantitative estimate of drug-likeness (QED) is 0.503. The molecule has 0 saturated carbocycles. The van der Waals surface area contributed by atoms with E-state index in [-0.39, 0.29) is 17.5 Å².